The number of benzene rings is 1. The highest BCUT2D eigenvalue weighted by atomic mass is 16.2. The van der Waals surface area contributed by atoms with Crippen LogP contribution in [0.5, 0.6) is 0 Å². The fourth-order valence-electron chi connectivity index (χ4n) is 3.07. The second kappa shape index (κ2) is 6.20. The van der Waals surface area contributed by atoms with Gasteiger partial charge in [0.05, 0.1) is 11.6 Å². The second-order valence-electron chi connectivity index (χ2n) is 6.57. The van der Waals surface area contributed by atoms with Crippen LogP contribution < -0.4 is 5.43 Å². The minimum atomic E-state index is -0.287. The smallest absolute Gasteiger partial charge is 0.259 e. The van der Waals surface area contributed by atoms with Gasteiger partial charge in [-0.2, -0.15) is 5.10 Å². The van der Waals surface area contributed by atoms with Gasteiger partial charge in [0, 0.05) is 33.9 Å². The van der Waals surface area contributed by atoms with E-state index in [4.69, 9.17) is 0 Å². The fourth-order valence-corrected chi connectivity index (χ4v) is 3.07. The number of nitrogens with zero attached hydrogens (tertiary/aromatic N) is 4. The average molecular weight is 338 g/mol. The van der Waals surface area contributed by atoms with Crippen LogP contribution in [0.4, 0.5) is 0 Å². The van der Waals surface area contributed by atoms with E-state index in [9.17, 15) is 9.59 Å². The lowest BCUT2D eigenvalue weighted by Crippen LogP contribution is -2.31. The van der Waals surface area contributed by atoms with Crippen molar-refractivity contribution in [2.45, 2.75) is 20.4 Å². The van der Waals surface area contributed by atoms with Crippen molar-refractivity contribution >= 4 is 16.9 Å². The van der Waals surface area contributed by atoms with Crippen molar-refractivity contribution in [3.05, 3.63) is 63.1 Å². The van der Waals surface area contributed by atoms with Crippen LogP contribution >= 0.6 is 0 Å². The van der Waals surface area contributed by atoms with Gasteiger partial charge >= 0.3 is 0 Å². The topological polar surface area (TPSA) is 60.1 Å². The van der Waals surface area contributed by atoms with E-state index >= 15 is 0 Å². The standard InChI is InChI=1S/C19H22N4O2/c1-12-6-7-14(8-13(12)2)10-22(4)19(25)16-11-21(3)18-15(17(16)24)9-20-23(18)5/h6-9,11H,10H2,1-5H3. The van der Waals surface area contributed by atoms with Crippen LogP contribution in [0.1, 0.15) is 27.0 Å². The van der Waals surface area contributed by atoms with E-state index in [0.29, 0.717) is 17.6 Å². The minimum Gasteiger partial charge on any atom is -0.337 e. The molecule has 0 aliphatic heterocycles. The number of fused-ring (bicyclic) bond motifs is 1. The molecule has 2 heterocycles. The van der Waals surface area contributed by atoms with Crippen LogP contribution in [0.2, 0.25) is 0 Å². The van der Waals surface area contributed by atoms with Crippen LogP contribution in [0.15, 0.2) is 35.4 Å². The maximum Gasteiger partial charge on any atom is 0.259 e. The number of pyridine rings is 1. The number of hydrogen-bond donors (Lipinski definition) is 0. The first-order chi connectivity index (χ1) is 11.8. The molecule has 0 N–H and O–H groups in total. The van der Waals surface area contributed by atoms with E-state index in [-0.39, 0.29) is 16.9 Å². The van der Waals surface area contributed by atoms with E-state index in [0.717, 1.165) is 5.56 Å². The summed E-state index contributed by atoms with van der Waals surface area (Å²) in [6, 6.07) is 6.12. The first-order valence-corrected chi connectivity index (χ1v) is 8.12. The molecule has 0 saturated carbocycles. The van der Waals surface area contributed by atoms with Gasteiger partial charge in [0.2, 0.25) is 5.43 Å². The van der Waals surface area contributed by atoms with Gasteiger partial charge in [-0.25, -0.2) is 0 Å². The van der Waals surface area contributed by atoms with Crippen LogP contribution in [-0.4, -0.2) is 32.2 Å². The lowest BCUT2D eigenvalue weighted by atomic mass is 10.1. The third-order valence-corrected chi connectivity index (χ3v) is 4.62. The molecule has 1 aromatic carbocycles. The summed E-state index contributed by atoms with van der Waals surface area (Å²) in [4.78, 5) is 27.1. The number of aromatic nitrogens is 3. The predicted octanol–water partition coefficient (Wildman–Crippen LogP) is 2.16. The fraction of sp³-hybridized carbons (Fsp3) is 0.316. The highest BCUT2D eigenvalue weighted by molar-refractivity contribution is 5.96. The molecular formula is C19H22N4O2. The zero-order chi connectivity index (χ0) is 18.3. The SMILES string of the molecule is Cc1ccc(CN(C)C(=O)c2cn(C)c3c(cnn3C)c2=O)cc1C. The summed E-state index contributed by atoms with van der Waals surface area (Å²) < 4.78 is 3.39. The Labute approximate surface area is 146 Å². The molecular weight excluding hydrogens is 316 g/mol. The van der Waals surface area contributed by atoms with Gasteiger partial charge < -0.3 is 9.47 Å². The molecule has 0 atom stereocenters. The quantitative estimate of drug-likeness (QED) is 0.735. The van der Waals surface area contributed by atoms with Crippen molar-refractivity contribution in [1.82, 2.24) is 19.2 Å². The summed E-state index contributed by atoms with van der Waals surface area (Å²) >= 11 is 0. The summed E-state index contributed by atoms with van der Waals surface area (Å²) in [5.41, 5.74) is 4.02. The predicted molar refractivity (Wildman–Crippen MR) is 97.7 cm³/mol. The molecule has 0 unspecified atom stereocenters. The minimum absolute atomic E-state index is 0.161. The number of amides is 1. The molecule has 3 aromatic rings. The lowest BCUT2D eigenvalue weighted by Gasteiger charge is -2.18. The van der Waals surface area contributed by atoms with Gasteiger partial charge in [-0.1, -0.05) is 18.2 Å². The molecule has 0 aliphatic rings. The summed E-state index contributed by atoms with van der Waals surface area (Å²) in [6.45, 7) is 4.56. The van der Waals surface area contributed by atoms with E-state index in [1.165, 1.54) is 17.3 Å². The van der Waals surface area contributed by atoms with Gasteiger partial charge in [-0.05, 0) is 30.5 Å². The molecule has 6 heteroatoms. The second-order valence-corrected chi connectivity index (χ2v) is 6.57. The van der Waals surface area contributed by atoms with Crippen molar-refractivity contribution in [2.24, 2.45) is 14.1 Å². The maximum absolute atomic E-state index is 12.8. The molecule has 25 heavy (non-hydrogen) atoms. The Kier molecular flexibility index (Phi) is 4.20. The summed E-state index contributed by atoms with van der Waals surface area (Å²) in [5.74, 6) is -0.287. The maximum atomic E-state index is 12.8. The molecule has 0 fully saturated rings. The van der Waals surface area contributed by atoms with E-state index in [1.54, 1.807) is 34.4 Å². The highest BCUT2D eigenvalue weighted by Gasteiger charge is 2.20. The molecule has 0 saturated heterocycles. The number of carbonyl (C=O) groups excluding carboxylic acids is 1. The molecule has 1 amide bonds. The summed E-state index contributed by atoms with van der Waals surface area (Å²) in [6.07, 6.45) is 3.10. The highest BCUT2D eigenvalue weighted by Crippen LogP contribution is 2.14. The van der Waals surface area contributed by atoms with Crippen molar-refractivity contribution < 1.29 is 4.79 Å². The lowest BCUT2D eigenvalue weighted by molar-refractivity contribution is 0.0783. The van der Waals surface area contributed by atoms with Crippen LogP contribution in [0.3, 0.4) is 0 Å². The average Bonchev–Trinajstić information content (AvgIpc) is 2.96. The largest absolute Gasteiger partial charge is 0.337 e. The Balaban J connectivity index is 1.94. The van der Waals surface area contributed by atoms with E-state index < -0.39 is 0 Å². The van der Waals surface area contributed by atoms with Crippen LogP contribution in [-0.2, 0) is 20.6 Å². The number of hydrogen-bond acceptors (Lipinski definition) is 3. The molecule has 0 spiro atoms. The molecule has 0 aliphatic carbocycles. The van der Waals surface area contributed by atoms with Gasteiger partial charge in [0.25, 0.3) is 5.91 Å². The van der Waals surface area contributed by atoms with Crippen LogP contribution in [0, 0.1) is 13.8 Å². The van der Waals surface area contributed by atoms with E-state index in [2.05, 4.69) is 18.1 Å². The van der Waals surface area contributed by atoms with Crippen molar-refractivity contribution in [3.8, 4) is 0 Å². The molecule has 6 nitrogen and oxygen atoms in total. The zero-order valence-corrected chi connectivity index (χ0v) is 15.2. The normalized spacial score (nSPS) is 11.1. The Morgan fingerprint density at radius 2 is 1.92 bits per heavy atom. The van der Waals surface area contributed by atoms with Crippen molar-refractivity contribution in [2.75, 3.05) is 7.05 Å². The summed E-state index contributed by atoms with van der Waals surface area (Å²) in [7, 11) is 5.29. The molecule has 0 bridgehead atoms. The summed E-state index contributed by atoms with van der Waals surface area (Å²) in [5, 5.41) is 4.57. The van der Waals surface area contributed by atoms with Gasteiger partial charge in [-0.15, -0.1) is 0 Å². The zero-order valence-electron chi connectivity index (χ0n) is 15.2. The number of rotatable bonds is 3. The van der Waals surface area contributed by atoms with Crippen molar-refractivity contribution in [3.63, 3.8) is 0 Å². The van der Waals surface area contributed by atoms with Gasteiger partial charge in [-0.3, -0.25) is 14.3 Å². The molecule has 130 valence electrons. The van der Waals surface area contributed by atoms with Crippen molar-refractivity contribution in [1.29, 1.82) is 0 Å². The number of aryl methyl sites for hydroxylation is 4. The Bertz CT molecular complexity index is 1030. The third kappa shape index (κ3) is 2.95. The number of carbonyl (C=O) groups is 1. The van der Waals surface area contributed by atoms with Gasteiger partial charge in [0.15, 0.2) is 0 Å². The van der Waals surface area contributed by atoms with Crippen LogP contribution in [0.25, 0.3) is 11.0 Å². The Morgan fingerprint density at radius 3 is 2.60 bits per heavy atom. The monoisotopic (exact) mass is 338 g/mol. The Hall–Kier alpha value is -2.89. The molecule has 2 aromatic heterocycles. The van der Waals surface area contributed by atoms with E-state index in [1.807, 2.05) is 26.1 Å². The molecule has 3 rings (SSSR count). The van der Waals surface area contributed by atoms with Gasteiger partial charge in [0.1, 0.15) is 11.2 Å². The third-order valence-electron chi connectivity index (χ3n) is 4.62. The first-order valence-electron chi connectivity index (χ1n) is 8.12. The Morgan fingerprint density at radius 1 is 1.20 bits per heavy atom. The first kappa shape index (κ1) is 17.0. The molecule has 0 radical (unpaired) electrons.